The Kier molecular flexibility index (Phi) is 5.36. The van der Waals surface area contributed by atoms with Gasteiger partial charge in [-0.15, -0.1) is 0 Å². The number of aromatic nitrogens is 2. The maximum absolute atomic E-state index is 12.7. The first-order valence-electron chi connectivity index (χ1n) is 9.53. The molecule has 158 valence electrons. The molecule has 1 aliphatic rings. The number of hydrogen-bond acceptors (Lipinski definition) is 5. The quantitative estimate of drug-likeness (QED) is 0.431. The topological polar surface area (TPSA) is 98.2 Å². The van der Waals surface area contributed by atoms with Gasteiger partial charge in [0.25, 0.3) is 0 Å². The highest BCUT2D eigenvalue weighted by atomic mass is 79.9. The van der Waals surface area contributed by atoms with Crippen LogP contribution in [0.15, 0.2) is 34.8 Å². The van der Waals surface area contributed by atoms with Crippen LogP contribution >= 0.6 is 15.9 Å². The summed E-state index contributed by atoms with van der Waals surface area (Å²) in [6.45, 7) is 3.25. The minimum atomic E-state index is -3.04. The summed E-state index contributed by atoms with van der Waals surface area (Å²) in [5.41, 5.74) is 3.01. The van der Waals surface area contributed by atoms with Crippen molar-refractivity contribution >= 4 is 48.4 Å². The molecular formula is C21H21BrN2O5S. The number of halogens is 1. The van der Waals surface area contributed by atoms with Crippen LogP contribution in [0.5, 0.6) is 0 Å². The van der Waals surface area contributed by atoms with Gasteiger partial charge in [-0.25, -0.2) is 13.2 Å². The fourth-order valence-electron chi connectivity index (χ4n) is 4.13. The van der Waals surface area contributed by atoms with Crippen LogP contribution in [-0.2, 0) is 14.6 Å². The molecule has 1 unspecified atom stereocenters. The second-order valence-corrected chi connectivity index (χ2v) is 10.6. The van der Waals surface area contributed by atoms with Gasteiger partial charge in [0, 0.05) is 33.9 Å². The van der Waals surface area contributed by atoms with Crippen molar-refractivity contribution in [1.82, 2.24) is 9.55 Å². The molecule has 1 aliphatic heterocycles. The standard InChI is InChI=1S/C21H21BrN2O5S/c1-12-9-16(13(2)24(12)14-7-8-30(27,28)11-14)18(25)10-29-21(26)20-19(22)15-5-3-4-6-17(15)23-20/h3-6,9,14,23H,7-8,10-11H2,1-2H3. The lowest BCUT2D eigenvalue weighted by atomic mass is 10.1. The van der Waals surface area contributed by atoms with Crippen molar-refractivity contribution in [2.24, 2.45) is 0 Å². The molecule has 3 heterocycles. The molecule has 0 bridgehead atoms. The second kappa shape index (κ2) is 7.70. The lowest BCUT2D eigenvalue weighted by Crippen LogP contribution is -2.17. The monoisotopic (exact) mass is 492 g/mol. The number of aryl methyl sites for hydroxylation is 1. The van der Waals surface area contributed by atoms with E-state index in [-0.39, 0.29) is 29.0 Å². The molecule has 0 saturated carbocycles. The number of carbonyl (C=O) groups excluding carboxylic acids is 2. The van der Waals surface area contributed by atoms with E-state index in [0.29, 0.717) is 22.2 Å². The van der Waals surface area contributed by atoms with E-state index in [2.05, 4.69) is 20.9 Å². The number of para-hydroxylation sites is 1. The van der Waals surface area contributed by atoms with Gasteiger partial charge in [-0.05, 0) is 48.3 Å². The largest absolute Gasteiger partial charge is 0.453 e. The second-order valence-electron chi connectivity index (χ2n) is 7.57. The van der Waals surface area contributed by atoms with Crippen molar-refractivity contribution in [2.45, 2.75) is 26.3 Å². The van der Waals surface area contributed by atoms with E-state index >= 15 is 0 Å². The summed E-state index contributed by atoms with van der Waals surface area (Å²) < 4.78 is 31.4. The number of ether oxygens (including phenoxy) is 1. The van der Waals surface area contributed by atoms with Crippen LogP contribution in [0.25, 0.3) is 10.9 Å². The van der Waals surface area contributed by atoms with Crippen LogP contribution in [-0.4, -0.2) is 47.8 Å². The SMILES string of the molecule is Cc1cc(C(=O)COC(=O)c2[nH]c3ccccc3c2Br)c(C)n1C1CCS(=O)(=O)C1. The molecular weight excluding hydrogens is 472 g/mol. The molecule has 0 aliphatic carbocycles. The van der Waals surface area contributed by atoms with Gasteiger partial charge in [-0.1, -0.05) is 18.2 Å². The third-order valence-electron chi connectivity index (χ3n) is 5.54. The Hall–Kier alpha value is -2.39. The Morgan fingerprint density at radius 3 is 2.67 bits per heavy atom. The zero-order valence-corrected chi connectivity index (χ0v) is 19.0. The first-order chi connectivity index (χ1) is 14.2. The zero-order chi connectivity index (χ0) is 21.6. The first-order valence-corrected chi connectivity index (χ1v) is 12.1. The molecule has 30 heavy (non-hydrogen) atoms. The Morgan fingerprint density at radius 2 is 2.00 bits per heavy atom. The highest BCUT2D eigenvalue weighted by Gasteiger charge is 2.32. The molecule has 3 aromatic rings. The highest BCUT2D eigenvalue weighted by Crippen LogP contribution is 2.30. The number of Topliss-reactive ketones (excluding diaryl/α,β-unsaturated/α-hetero) is 1. The van der Waals surface area contributed by atoms with Gasteiger partial charge < -0.3 is 14.3 Å². The maximum Gasteiger partial charge on any atom is 0.356 e. The summed E-state index contributed by atoms with van der Waals surface area (Å²) in [5, 5.41) is 0.853. The van der Waals surface area contributed by atoms with Crippen LogP contribution in [0, 0.1) is 13.8 Å². The molecule has 4 rings (SSSR count). The Bertz CT molecular complexity index is 1270. The van der Waals surface area contributed by atoms with Gasteiger partial charge in [0.1, 0.15) is 5.69 Å². The molecule has 1 aromatic carbocycles. The normalized spacial score (nSPS) is 18.0. The third kappa shape index (κ3) is 3.72. The van der Waals surface area contributed by atoms with E-state index in [1.165, 1.54) is 0 Å². The molecule has 7 nitrogen and oxygen atoms in total. The van der Waals surface area contributed by atoms with Crippen molar-refractivity contribution in [3.05, 3.63) is 57.4 Å². The third-order valence-corrected chi connectivity index (χ3v) is 8.11. The molecule has 2 aromatic heterocycles. The lowest BCUT2D eigenvalue weighted by molar-refractivity contribution is 0.0468. The van der Waals surface area contributed by atoms with Crippen LogP contribution in [0.3, 0.4) is 0 Å². The first kappa shape index (κ1) is 20.9. The number of hydrogen-bond donors (Lipinski definition) is 1. The number of ketones is 1. The van der Waals surface area contributed by atoms with Crippen molar-refractivity contribution in [3.63, 3.8) is 0 Å². The maximum atomic E-state index is 12.7. The van der Waals surface area contributed by atoms with Gasteiger partial charge in [-0.3, -0.25) is 4.79 Å². The van der Waals surface area contributed by atoms with Crippen molar-refractivity contribution in [2.75, 3.05) is 18.1 Å². The smallest absolute Gasteiger partial charge is 0.356 e. The van der Waals surface area contributed by atoms with Crippen LogP contribution < -0.4 is 0 Å². The van der Waals surface area contributed by atoms with E-state index in [1.54, 1.807) is 13.0 Å². The molecule has 0 spiro atoms. The molecule has 1 fully saturated rings. The number of benzene rings is 1. The number of rotatable bonds is 5. The average Bonchev–Trinajstić information content (AvgIpc) is 3.33. The number of carbonyl (C=O) groups is 2. The van der Waals surface area contributed by atoms with Crippen LogP contribution in [0.4, 0.5) is 0 Å². The summed E-state index contributed by atoms with van der Waals surface area (Å²) in [6.07, 6.45) is 0.537. The summed E-state index contributed by atoms with van der Waals surface area (Å²) in [6, 6.07) is 9.01. The fourth-order valence-corrected chi connectivity index (χ4v) is 6.44. The summed E-state index contributed by atoms with van der Waals surface area (Å²) in [4.78, 5) is 28.2. The zero-order valence-electron chi connectivity index (χ0n) is 16.6. The predicted octanol–water partition coefficient (Wildman–Crippen LogP) is 3.75. The number of H-pyrrole nitrogens is 1. The lowest BCUT2D eigenvalue weighted by Gasteiger charge is -2.16. The summed E-state index contributed by atoms with van der Waals surface area (Å²) in [5.74, 6) is -0.701. The molecule has 1 N–H and O–H groups in total. The Morgan fingerprint density at radius 1 is 1.27 bits per heavy atom. The molecule has 0 amide bonds. The summed E-state index contributed by atoms with van der Waals surface area (Å²) >= 11 is 3.41. The van der Waals surface area contributed by atoms with E-state index in [4.69, 9.17) is 4.74 Å². The molecule has 9 heteroatoms. The number of fused-ring (bicyclic) bond motifs is 1. The average molecular weight is 493 g/mol. The van der Waals surface area contributed by atoms with Gasteiger partial charge >= 0.3 is 5.97 Å². The van der Waals surface area contributed by atoms with Crippen molar-refractivity contribution in [3.8, 4) is 0 Å². The highest BCUT2D eigenvalue weighted by molar-refractivity contribution is 9.10. The van der Waals surface area contributed by atoms with Crippen molar-refractivity contribution < 1.29 is 22.7 Å². The van der Waals surface area contributed by atoms with E-state index < -0.39 is 22.4 Å². The molecule has 0 radical (unpaired) electrons. The molecule has 1 atom stereocenters. The van der Waals surface area contributed by atoms with Gasteiger partial charge in [0.15, 0.2) is 16.4 Å². The predicted molar refractivity (Wildman–Crippen MR) is 117 cm³/mol. The van der Waals surface area contributed by atoms with E-state index in [0.717, 1.165) is 16.6 Å². The number of sulfone groups is 1. The van der Waals surface area contributed by atoms with Crippen molar-refractivity contribution in [1.29, 1.82) is 0 Å². The Balaban J connectivity index is 1.50. The van der Waals surface area contributed by atoms with Gasteiger partial charge in [-0.2, -0.15) is 0 Å². The number of nitrogens with zero attached hydrogens (tertiary/aromatic N) is 1. The van der Waals surface area contributed by atoms with E-state index in [1.807, 2.05) is 35.8 Å². The van der Waals surface area contributed by atoms with E-state index in [9.17, 15) is 18.0 Å². The number of nitrogens with one attached hydrogen (secondary N) is 1. The van der Waals surface area contributed by atoms with Crippen LogP contribution in [0.2, 0.25) is 0 Å². The molecule has 1 saturated heterocycles. The minimum absolute atomic E-state index is 0.0837. The van der Waals surface area contributed by atoms with Gasteiger partial charge in [0.2, 0.25) is 5.78 Å². The summed E-state index contributed by atoms with van der Waals surface area (Å²) in [7, 11) is -3.04. The fraction of sp³-hybridized carbons (Fsp3) is 0.333. The van der Waals surface area contributed by atoms with Gasteiger partial charge in [0.05, 0.1) is 16.0 Å². The van der Waals surface area contributed by atoms with Crippen LogP contribution in [0.1, 0.15) is 44.7 Å². The minimum Gasteiger partial charge on any atom is -0.453 e. The number of esters is 1. The number of aromatic amines is 1. The Labute approximate surface area is 182 Å².